The maximum atomic E-state index is 10.8. The van der Waals surface area contributed by atoms with E-state index >= 15 is 0 Å². The third-order valence-electron chi connectivity index (χ3n) is 2.45. The Morgan fingerprint density at radius 3 is 2.71 bits per heavy atom. The minimum atomic E-state index is -0.797. The van der Waals surface area contributed by atoms with Gasteiger partial charge in [0.2, 0.25) is 0 Å². The minimum Gasteiger partial charge on any atom is -0.481 e. The van der Waals surface area contributed by atoms with Crippen molar-refractivity contribution in [2.75, 3.05) is 14.1 Å². The van der Waals surface area contributed by atoms with Gasteiger partial charge in [-0.25, -0.2) is 0 Å². The van der Waals surface area contributed by atoms with E-state index in [1.165, 1.54) is 11.3 Å². The summed E-state index contributed by atoms with van der Waals surface area (Å²) in [5.74, 6) is -0.797. The first kappa shape index (κ1) is 11.1. The molecule has 1 unspecified atom stereocenters. The van der Waals surface area contributed by atoms with Crippen LogP contribution in [-0.2, 0) is 10.3 Å². The summed E-state index contributed by atoms with van der Waals surface area (Å²) in [6.07, 6.45) is 1.82. The summed E-state index contributed by atoms with van der Waals surface area (Å²) in [6.45, 7) is 1.91. The predicted molar refractivity (Wildman–Crippen MR) is 55.4 cm³/mol. The van der Waals surface area contributed by atoms with E-state index in [0.29, 0.717) is 0 Å². The molecule has 1 heterocycles. The summed E-state index contributed by atoms with van der Waals surface area (Å²) < 4.78 is 0. The van der Waals surface area contributed by atoms with Crippen LogP contribution in [0.1, 0.15) is 18.2 Å². The fourth-order valence-corrected chi connectivity index (χ4v) is 2.11. The molecule has 0 aliphatic heterocycles. The molecular formula is C9H14N2O2S. The van der Waals surface area contributed by atoms with Gasteiger partial charge in [0.1, 0.15) is 0 Å². The first-order valence-electron chi connectivity index (χ1n) is 4.25. The monoisotopic (exact) mass is 214 g/mol. The molecule has 0 aliphatic rings. The summed E-state index contributed by atoms with van der Waals surface area (Å²) in [4.78, 5) is 17.6. The molecule has 5 heteroatoms. The maximum Gasteiger partial charge on any atom is 0.305 e. The van der Waals surface area contributed by atoms with E-state index in [1.807, 2.05) is 25.9 Å². The lowest BCUT2D eigenvalue weighted by Gasteiger charge is -2.33. The van der Waals surface area contributed by atoms with Crippen LogP contribution in [0, 0.1) is 0 Å². The number of hydrogen-bond acceptors (Lipinski definition) is 4. The second-order valence-electron chi connectivity index (χ2n) is 3.60. The van der Waals surface area contributed by atoms with E-state index in [2.05, 4.69) is 4.98 Å². The highest BCUT2D eigenvalue weighted by atomic mass is 32.1. The molecular weight excluding hydrogens is 200 g/mol. The fourth-order valence-electron chi connectivity index (χ4n) is 1.24. The number of carbonyl (C=O) groups is 1. The van der Waals surface area contributed by atoms with Gasteiger partial charge in [-0.1, -0.05) is 0 Å². The summed E-state index contributed by atoms with van der Waals surface area (Å²) >= 11 is 1.48. The van der Waals surface area contributed by atoms with Crippen molar-refractivity contribution in [3.8, 4) is 0 Å². The van der Waals surface area contributed by atoms with Crippen molar-refractivity contribution in [2.24, 2.45) is 0 Å². The zero-order valence-electron chi connectivity index (χ0n) is 8.52. The van der Waals surface area contributed by atoms with E-state index in [9.17, 15) is 4.79 Å². The quantitative estimate of drug-likeness (QED) is 0.823. The SMILES string of the molecule is CN(C)C(C)(CC(=O)O)c1cncs1. The van der Waals surface area contributed by atoms with Crippen LogP contribution in [-0.4, -0.2) is 35.1 Å². The number of nitrogens with zero attached hydrogens (tertiary/aromatic N) is 2. The maximum absolute atomic E-state index is 10.8. The van der Waals surface area contributed by atoms with E-state index in [0.717, 1.165) is 4.88 Å². The molecule has 0 amide bonds. The molecule has 14 heavy (non-hydrogen) atoms. The van der Waals surface area contributed by atoms with Crippen molar-refractivity contribution < 1.29 is 9.90 Å². The molecule has 0 aliphatic carbocycles. The Hall–Kier alpha value is -0.940. The van der Waals surface area contributed by atoms with Crippen molar-refractivity contribution in [1.82, 2.24) is 9.88 Å². The van der Waals surface area contributed by atoms with Crippen LogP contribution in [0.4, 0.5) is 0 Å². The molecule has 0 aromatic carbocycles. The highest BCUT2D eigenvalue weighted by Crippen LogP contribution is 2.32. The lowest BCUT2D eigenvalue weighted by Crippen LogP contribution is -2.39. The van der Waals surface area contributed by atoms with Gasteiger partial charge in [0.05, 0.1) is 17.5 Å². The van der Waals surface area contributed by atoms with Crippen molar-refractivity contribution in [2.45, 2.75) is 18.9 Å². The highest BCUT2D eigenvalue weighted by Gasteiger charge is 2.33. The summed E-state index contributed by atoms with van der Waals surface area (Å²) in [5.41, 5.74) is 1.26. The van der Waals surface area contributed by atoms with Crippen LogP contribution in [0.2, 0.25) is 0 Å². The second kappa shape index (κ2) is 4.06. The smallest absolute Gasteiger partial charge is 0.305 e. The zero-order chi connectivity index (χ0) is 10.8. The number of rotatable bonds is 4. The summed E-state index contributed by atoms with van der Waals surface area (Å²) in [6, 6.07) is 0. The first-order chi connectivity index (χ1) is 6.47. The van der Waals surface area contributed by atoms with E-state index in [4.69, 9.17) is 5.11 Å². The number of carboxylic acids is 1. The van der Waals surface area contributed by atoms with Crippen LogP contribution in [0.3, 0.4) is 0 Å². The first-order valence-corrected chi connectivity index (χ1v) is 5.13. The number of aliphatic carboxylic acids is 1. The summed E-state index contributed by atoms with van der Waals surface area (Å²) in [5, 5.41) is 8.85. The fraction of sp³-hybridized carbons (Fsp3) is 0.556. The lowest BCUT2D eigenvalue weighted by atomic mass is 9.95. The Bertz CT molecular complexity index is 311. The molecule has 78 valence electrons. The molecule has 4 nitrogen and oxygen atoms in total. The van der Waals surface area contributed by atoms with Crippen molar-refractivity contribution in [1.29, 1.82) is 0 Å². The van der Waals surface area contributed by atoms with Gasteiger partial charge in [-0.05, 0) is 21.0 Å². The third kappa shape index (κ3) is 2.10. The van der Waals surface area contributed by atoms with Crippen molar-refractivity contribution in [3.63, 3.8) is 0 Å². The van der Waals surface area contributed by atoms with Crippen molar-refractivity contribution in [3.05, 3.63) is 16.6 Å². The van der Waals surface area contributed by atoms with Crippen LogP contribution in [0.15, 0.2) is 11.7 Å². The Balaban J connectivity index is 2.99. The van der Waals surface area contributed by atoms with Gasteiger partial charge in [-0.2, -0.15) is 0 Å². The topological polar surface area (TPSA) is 53.4 Å². The van der Waals surface area contributed by atoms with Crippen LogP contribution in [0.25, 0.3) is 0 Å². The summed E-state index contributed by atoms with van der Waals surface area (Å²) in [7, 11) is 3.76. The molecule has 0 spiro atoms. The normalized spacial score (nSPS) is 15.4. The molecule has 0 saturated carbocycles. The Labute approximate surface area is 87.2 Å². The highest BCUT2D eigenvalue weighted by molar-refractivity contribution is 7.09. The van der Waals surface area contributed by atoms with E-state index in [1.54, 1.807) is 11.7 Å². The van der Waals surface area contributed by atoms with Crippen LogP contribution >= 0.6 is 11.3 Å². The van der Waals surface area contributed by atoms with Gasteiger partial charge in [0.15, 0.2) is 0 Å². The molecule has 0 bridgehead atoms. The van der Waals surface area contributed by atoms with Gasteiger partial charge < -0.3 is 5.11 Å². The average molecular weight is 214 g/mol. The Morgan fingerprint density at radius 2 is 2.36 bits per heavy atom. The predicted octanol–water partition coefficient (Wildman–Crippen LogP) is 1.39. The molecule has 0 radical (unpaired) electrons. The van der Waals surface area contributed by atoms with Gasteiger partial charge in [-0.3, -0.25) is 14.7 Å². The van der Waals surface area contributed by atoms with Crippen molar-refractivity contribution >= 4 is 17.3 Å². The van der Waals surface area contributed by atoms with Crippen LogP contribution < -0.4 is 0 Å². The molecule has 1 N–H and O–H groups in total. The Kier molecular flexibility index (Phi) is 3.23. The molecule has 0 saturated heterocycles. The number of carboxylic acid groups (broad SMARTS) is 1. The molecule has 0 fully saturated rings. The van der Waals surface area contributed by atoms with Gasteiger partial charge >= 0.3 is 5.97 Å². The number of aromatic nitrogens is 1. The second-order valence-corrected chi connectivity index (χ2v) is 4.49. The van der Waals surface area contributed by atoms with Crippen LogP contribution in [0.5, 0.6) is 0 Å². The van der Waals surface area contributed by atoms with Gasteiger partial charge in [0, 0.05) is 11.1 Å². The molecule has 1 aromatic rings. The van der Waals surface area contributed by atoms with Gasteiger partial charge in [-0.15, -0.1) is 11.3 Å². The van der Waals surface area contributed by atoms with E-state index < -0.39 is 11.5 Å². The van der Waals surface area contributed by atoms with Gasteiger partial charge in [0.25, 0.3) is 0 Å². The number of thiazole rings is 1. The Morgan fingerprint density at radius 1 is 1.71 bits per heavy atom. The molecule has 1 atom stereocenters. The standard InChI is InChI=1S/C9H14N2O2S/c1-9(11(2)3,4-8(12)13)7-5-10-6-14-7/h5-6H,4H2,1-3H3,(H,12,13). The average Bonchev–Trinajstić information content (AvgIpc) is 2.53. The number of hydrogen-bond donors (Lipinski definition) is 1. The molecule has 1 aromatic heterocycles. The zero-order valence-corrected chi connectivity index (χ0v) is 9.34. The third-order valence-corrected chi connectivity index (χ3v) is 3.47. The molecule has 1 rings (SSSR count). The van der Waals surface area contributed by atoms with E-state index in [-0.39, 0.29) is 6.42 Å². The lowest BCUT2D eigenvalue weighted by molar-refractivity contribution is -0.139. The largest absolute Gasteiger partial charge is 0.481 e. The minimum absolute atomic E-state index is 0.0855.